The summed E-state index contributed by atoms with van der Waals surface area (Å²) in [5.74, 6) is -0.665. The largest absolute Gasteiger partial charge is 0.457 e. The number of ether oxygens (including phenoxy) is 3. The third-order valence-electron chi connectivity index (χ3n) is 7.08. The van der Waals surface area contributed by atoms with Gasteiger partial charge in [0.2, 0.25) is 0 Å². The molecule has 0 saturated heterocycles. The second kappa shape index (κ2) is 17.2. The first-order valence-corrected chi connectivity index (χ1v) is 14.7. The number of alkyl carbamates (subject to hydrolysis) is 2. The van der Waals surface area contributed by atoms with Crippen molar-refractivity contribution < 1.29 is 33.7 Å². The van der Waals surface area contributed by atoms with Gasteiger partial charge in [-0.2, -0.15) is 0 Å². The molecule has 0 aliphatic carbocycles. The lowest BCUT2D eigenvalue weighted by Gasteiger charge is -2.35. The smallest absolute Gasteiger partial charge is 0.407 e. The molecule has 234 valence electrons. The molecule has 0 spiro atoms. The molecule has 0 fully saturated rings. The van der Waals surface area contributed by atoms with E-state index in [2.05, 4.69) is 10.6 Å². The minimum Gasteiger partial charge on any atom is -0.457 e. The molecular weight excluding hydrogens is 572 g/mol. The summed E-state index contributed by atoms with van der Waals surface area (Å²) in [4.78, 5) is 38.4. The molecule has 9 nitrogen and oxygen atoms in total. The molecule has 4 rings (SSSR count). The molecule has 2 amide bonds. The summed E-state index contributed by atoms with van der Waals surface area (Å²) in [6, 6.07) is 35.1. The second-order valence-electron chi connectivity index (χ2n) is 10.6. The third-order valence-corrected chi connectivity index (χ3v) is 7.08. The highest BCUT2D eigenvalue weighted by Crippen LogP contribution is 2.19. The zero-order valence-electron chi connectivity index (χ0n) is 25.1. The van der Waals surface area contributed by atoms with Crippen LogP contribution in [0.25, 0.3) is 0 Å². The minimum atomic E-state index is -1.46. The van der Waals surface area contributed by atoms with Crippen molar-refractivity contribution in [3.8, 4) is 0 Å². The van der Waals surface area contributed by atoms with Gasteiger partial charge in [-0.3, -0.25) is 4.79 Å². The Bertz CT molecular complexity index is 1470. The van der Waals surface area contributed by atoms with E-state index in [1.807, 2.05) is 121 Å². The van der Waals surface area contributed by atoms with Crippen molar-refractivity contribution in [1.82, 2.24) is 10.6 Å². The van der Waals surface area contributed by atoms with Gasteiger partial charge < -0.3 is 30.0 Å². The minimum absolute atomic E-state index is 0.0248. The lowest BCUT2D eigenvalue weighted by atomic mass is 9.91. The van der Waals surface area contributed by atoms with Crippen molar-refractivity contribution in [2.24, 2.45) is 0 Å². The van der Waals surface area contributed by atoms with Crippen LogP contribution in [0, 0.1) is 0 Å². The number of carbonyl (C=O) groups is 3. The van der Waals surface area contributed by atoms with Crippen LogP contribution in [-0.2, 0) is 45.1 Å². The molecular formula is C36H38N2O7. The molecule has 0 aliphatic heterocycles. The molecule has 45 heavy (non-hydrogen) atoms. The first-order valence-electron chi connectivity index (χ1n) is 14.7. The maximum atomic E-state index is 13.0. The van der Waals surface area contributed by atoms with E-state index in [9.17, 15) is 19.5 Å². The van der Waals surface area contributed by atoms with Gasteiger partial charge in [-0.15, -0.1) is 0 Å². The van der Waals surface area contributed by atoms with E-state index < -0.39 is 42.4 Å². The number of nitrogens with one attached hydrogen (secondary N) is 2. The van der Waals surface area contributed by atoms with Crippen LogP contribution in [0.15, 0.2) is 121 Å². The average Bonchev–Trinajstić information content (AvgIpc) is 3.06. The summed E-state index contributed by atoms with van der Waals surface area (Å²) in [6.45, 7) is 1.28. The molecule has 4 aromatic rings. The number of hydrogen-bond donors (Lipinski definition) is 3. The number of benzene rings is 4. The summed E-state index contributed by atoms with van der Waals surface area (Å²) in [5.41, 5.74) is 3.24. The van der Waals surface area contributed by atoms with Crippen molar-refractivity contribution in [1.29, 1.82) is 0 Å². The average molecular weight is 611 g/mol. The van der Waals surface area contributed by atoms with Gasteiger partial charge in [-0.05, 0) is 35.1 Å². The first-order chi connectivity index (χ1) is 21.9. The van der Waals surface area contributed by atoms with Crippen LogP contribution in [-0.4, -0.2) is 47.6 Å². The number of carbonyl (C=O) groups excluding carboxylic acids is 3. The molecule has 0 heterocycles. The van der Waals surface area contributed by atoms with E-state index in [-0.39, 0.29) is 26.1 Å². The number of amides is 2. The topological polar surface area (TPSA) is 123 Å². The zero-order chi connectivity index (χ0) is 31.9. The summed E-state index contributed by atoms with van der Waals surface area (Å²) >= 11 is 0. The van der Waals surface area contributed by atoms with E-state index in [0.717, 1.165) is 22.3 Å². The fraction of sp³-hybridized carbons (Fsp3) is 0.250. The van der Waals surface area contributed by atoms with E-state index in [1.165, 1.54) is 6.92 Å². The van der Waals surface area contributed by atoms with Crippen molar-refractivity contribution in [2.45, 2.75) is 57.3 Å². The fourth-order valence-corrected chi connectivity index (χ4v) is 4.89. The first kappa shape index (κ1) is 32.8. The number of rotatable bonds is 14. The van der Waals surface area contributed by atoms with E-state index in [0.29, 0.717) is 0 Å². The Morgan fingerprint density at radius 2 is 0.933 bits per heavy atom. The summed E-state index contributed by atoms with van der Waals surface area (Å²) in [6.07, 6.45) is -3.84. The molecule has 0 saturated carbocycles. The van der Waals surface area contributed by atoms with Crippen LogP contribution in [0.5, 0.6) is 0 Å². The van der Waals surface area contributed by atoms with Gasteiger partial charge >= 0.3 is 18.2 Å². The number of aliphatic hydroxyl groups is 1. The highest BCUT2D eigenvalue weighted by molar-refractivity contribution is 5.69. The molecule has 3 N–H and O–H groups in total. The Morgan fingerprint density at radius 1 is 0.578 bits per heavy atom. The summed E-state index contributed by atoms with van der Waals surface area (Å²) in [7, 11) is 0. The molecule has 0 radical (unpaired) electrons. The van der Waals surface area contributed by atoms with Crippen LogP contribution in [0.4, 0.5) is 9.59 Å². The second-order valence-corrected chi connectivity index (χ2v) is 10.6. The highest BCUT2D eigenvalue weighted by atomic mass is 16.6. The molecule has 9 heteroatoms. The maximum Gasteiger partial charge on any atom is 0.407 e. The van der Waals surface area contributed by atoms with Crippen molar-refractivity contribution in [2.75, 3.05) is 0 Å². The SMILES string of the molecule is CC(=O)O[C@@H]([C@H](O)[C@H](Cc1ccccc1)NC(=O)OCc1ccccc1)[C@H](Cc1ccccc1)NC(=O)OCc1ccccc1. The van der Waals surface area contributed by atoms with Crippen LogP contribution in [0.2, 0.25) is 0 Å². The Hall–Kier alpha value is -5.15. The van der Waals surface area contributed by atoms with Crippen LogP contribution in [0.1, 0.15) is 29.2 Å². The molecule has 0 unspecified atom stereocenters. The van der Waals surface area contributed by atoms with E-state index >= 15 is 0 Å². The molecule has 0 bridgehead atoms. The summed E-state index contributed by atoms with van der Waals surface area (Å²) < 4.78 is 16.6. The zero-order valence-corrected chi connectivity index (χ0v) is 25.1. The number of hydrogen-bond acceptors (Lipinski definition) is 7. The fourth-order valence-electron chi connectivity index (χ4n) is 4.89. The van der Waals surface area contributed by atoms with Gasteiger partial charge in [0.15, 0.2) is 6.10 Å². The quantitative estimate of drug-likeness (QED) is 0.130. The predicted molar refractivity (Wildman–Crippen MR) is 169 cm³/mol. The lowest BCUT2D eigenvalue weighted by molar-refractivity contribution is -0.156. The van der Waals surface area contributed by atoms with Crippen LogP contribution in [0.3, 0.4) is 0 Å². The molecule has 0 aliphatic rings. The van der Waals surface area contributed by atoms with E-state index in [1.54, 1.807) is 0 Å². The normalized spacial score (nSPS) is 13.4. The number of esters is 1. The van der Waals surface area contributed by atoms with Gasteiger partial charge in [-0.25, -0.2) is 9.59 Å². The highest BCUT2D eigenvalue weighted by Gasteiger charge is 2.38. The molecule has 0 aromatic heterocycles. The van der Waals surface area contributed by atoms with Crippen molar-refractivity contribution >= 4 is 18.2 Å². The molecule has 4 atom stereocenters. The standard InChI is InChI=1S/C36H38N2O7/c1-26(39)45-34(32(23-28-16-8-3-9-17-28)38-36(42)44-25-30-20-12-5-13-21-30)33(40)31(22-27-14-6-2-7-15-27)37-35(41)43-24-29-18-10-4-11-19-29/h2-21,31-34,40H,22-25H2,1H3,(H,37,41)(H,38,42)/t31-,32-,33+,34+/m0/s1. The van der Waals surface area contributed by atoms with Gasteiger partial charge in [0, 0.05) is 6.92 Å². The van der Waals surface area contributed by atoms with Gasteiger partial charge in [0.05, 0.1) is 12.1 Å². The maximum absolute atomic E-state index is 13.0. The third kappa shape index (κ3) is 11.1. The van der Waals surface area contributed by atoms with Crippen molar-refractivity contribution in [3.05, 3.63) is 144 Å². The predicted octanol–water partition coefficient (Wildman–Crippen LogP) is 5.35. The van der Waals surface area contributed by atoms with Crippen LogP contribution < -0.4 is 10.6 Å². The molecule has 4 aromatic carbocycles. The van der Waals surface area contributed by atoms with Gasteiger partial charge in [0.25, 0.3) is 0 Å². The van der Waals surface area contributed by atoms with Gasteiger partial charge in [-0.1, -0.05) is 121 Å². The Labute approximate surface area is 263 Å². The Morgan fingerprint density at radius 3 is 1.33 bits per heavy atom. The Balaban J connectivity index is 1.57. The van der Waals surface area contributed by atoms with Crippen molar-refractivity contribution in [3.63, 3.8) is 0 Å². The van der Waals surface area contributed by atoms with Crippen LogP contribution >= 0.6 is 0 Å². The lowest BCUT2D eigenvalue weighted by Crippen LogP contribution is -2.58. The van der Waals surface area contributed by atoms with E-state index in [4.69, 9.17) is 14.2 Å². The van der Waals surface area contributed by atoms with Gasteiger partial charge in [0.1, 0.15) is 19.3 Å². The Kier molecular flexibility index (Phi) is 12.5. The summed E-state index contributed by atoms with van der Waals surface area (Å²) in [5, 5.41) is 17.4. The number of aliphatic hydroxyl groups excluding tert-OH is 1. The monoisotopic (exact) mass is 610 g/mol.